The minimum Gasteiger partial charge on any atom is -0.364 e. The first-order valence-electron chi connectivity index (χ1n) is 6.11. The molecule has 106 valence electrons. The van der Waals surface area contributed by atoms with E-state index >= 15 is 0 Å². The molecule has 2 rings (SSSR count). The largest absolute Gasteiger partial charge is 0.364 e. The molecular formula is C12H16N6O2. The van der Waals surface area contributed by atoms with Gasteiger partial charge in [0.1, 0.15) is 0 Å². The topological polar surface area (TPSA) is 108 Å². The molecule has 3 N–H and O–H groups in total. The van der Waals surface area contributed by atoms with Crippen LogP contribution in [0.25, 0.3) is 0 Å². The smallest absolute Gasteiger partial charge is 0.271 e. The number of aryl methyl sites for hydroxylation is 2. The number of hydrogen-bond donors (Lipinski definition) is 2. The van der Waals surface area contributed by atoms with Crippen LogP contribution in [-0.2, 0) is 13.6 Å². The van der Waals surface area contributed by atoms with Gasteiger partial charge in [-0.05, 0) is 13.8 Å². The molecule has 0 unspecified atom stereocenters. The predicted octanol–water partition coefficient (Wildman–Crippen LogP) is 0.296. The molecule has 0 aliphatic rings. The number of amides is 2. The van der Waals surface area contributed by atoms with Crippen molar-refractivity contribution in [2.75, 3.05) is 5.32 Å². The maximum Gasteiger partial charge on any atom is 0.271 e. The molecular weight excluding hydrogens is 260 g/mol. The summed E-state index contributed by atoms with van der Waals surface area (Å²) in [6.07, 6.45) is 3.04. The molecule has 0 aliphatic heterocycles. The van der Waals surface area contributed by atoms with E-state index in [-0.39, 0.29) is 11.6 Å². The Morgan fingerprint density at radius 2 is 2.15 bits per heavy atom. The summed E-state index contributed by atoms with van der Waals surface area (Å²) in [6.45, 7) is 4.23. The molecule has 0 radical (unpaired) electrons. The normalized spacial score (nSPS) is 10.6. The number of anilines is 1. The van der Waals surface area contributed by atoms with Gasteiger partial charge in [0.15, 0.2) is 5.69 Å². The maximum atomic E-state index is 12.2. The van der Waals surface area contributed by atoms with Crippen LogP contribution in [0, 0.1) is 6.92 Å². The van der Waals surface area contributed by atoms with Crippen LogP contribution in [0.15, 0.2) is 12.4 Å². The van der Waals surface area contributed by atoms with Crippen molar-refractivity contribution in [1.29, 1.82) is 0 Å². The Morgan fingerprint density at radius 1 is 1.45 bits per heavy atom. The zero-order valence-corrected chi connectivity index (χ0v) is 11.5. The molecule has 0 spiro atoms. The molecule has 2 heterocycles. The average Bonchev–Trinajstić information content (AvgIpc) is 2.95. The van der Waals surface area contributed by atoms with E-state index in [0.29, 0.717) is 17.8 Å². The molecule has 2 aromatic heterocycles. The summed E-state index contributed by atoms with van der Waals surface area (Å²) < 4.78 is 3.13. The summed E-state index contributed by atoms with van der Waals surface area (Å²) in [7, 11) is 1.75. The van der Waals surface area contributed by atoms with E-state index < -0.39 is 5.91 Å². The number of nitrogens with zero attached hydrogens (tertiary/aromatic N) is 4. The Balaban J connectivity index is 2.30. The van der Waals surface area contributed by atoms with Gasteiger partial charge in [0.25, 0.3) is 11.8 Å². The number of carbonyl (C=O) groups is 2. The van der Waals surface area contributed by atoms with Gasteiger partial charge in [-0.1, -0.05) is 0 Å². The van der Waals surface area contributed by atoms with Gasteiger partial charge < -0.3 is 11.1 Å². The molecule has 20 heavy (non-hydrogen) atoms. The van der Waals surface area contributed by atoms with Crippen LogP contribution in [0.5, 0.6) is 0 Å². The third-order valence-electron chi connectivity index (χ3n) is 3.05. The molecule has 0 aliphatic carbocycles. The van der Waals surface area contributed by atoms with Gasteiger partial charge in [0, 0.05) is 25.5 Å². The number of primary amides is 1. The van der Waals surface area contributed by atoms with Gasteiger partial charge in [0.2, 0.25) is 0 Å². The number of nitrogens with one attached hydrogen (secondary N) is 1. The highest BCUT2D eigenvalue weighted by Gasteiger charge is 2.19. The number of hydrogen-bond acceptors (Lipinski definition) is 4. The molecule has 0 saturated carbocycles. The van der Waals surface area contributed by atoms with Gasteiger partial charge in [-0.3, -0.25) is 19.0 Å². The standard InChI is InChI=1S/C12H16N6O2/c1-4-18-6-9(10(16-18)11(13)19)15-12(20)8-5-14-17(3)7(8)2/h5-6H,4H2,1-3H3,(H2,13,19)(H,15,20). The summed E-state index contributed by atoms with van der Waals surface area (Å²) in [4.78, 5) is 23.5. The number of carbonyl (C=O) groups excluding carboxylic acids is 2. The van der Waals surface area contributed by atoms with E-state index in [9.17, 15) is 9.59 Å². The third-order valence-corrected chi connectivity index (χ3v) is 3.05. The number of rotatable bonds is 4. The molecule has 0 saturated heterocycles. The molecule has 8 nitrogen and oxygen atoms in total. The number of aromatic nitrogens is 4. The number of nitrogens with two attached hydrogens (primary N) is 1. The highest BCUT2D eigenvalue weighted by atomic mass is 16.2. The molecule has 0 aromatic carbocycles. The summed E-state index contributed by atoms with van der Waals surface area (Å²) in [6, 6.07) is 0. The fraction of sp³-hybridized carbons (Fsp3) is 0.333. The van der Waals surface area contributed by atoms with Crippen LogP contribution in [0.4, 0.5) is 5.69 Å². The minimum absolute atomic E-state index is 0.0433. The van der Waals surface area contributed by atoms with Gasteiger partial charge in [-0.15, -0.1) is 0 Å². The zero-order chi connectivity index (χ0) is 14.9. The van der Waals surface area contributed by atoms with Crippen LogP contribution < -0.4 is 11.1 Å². The van der Waals surface area contributed by atoms with Crippen molar-refractivity contribution in [3.05, 3.63) is 29.3 Å². The van der Waals surface area contributed by atoms with Crippen LogP contribution in [0.2, 0.25) is 0 Å². The Morgan fingerprint density at radius 3 is 2.65 bits per heavy atom. The molecule has 0 bridgehead atoms. The monoisotopic (exact) mass is 276 g/mol. The molecule has 2 aromatic rings. The van der Waals surface area contributed by atoms with Crippen LogP contribution in [0.3, 0.4) is 0 Å². The van der Waals surface area contributed by atoms with E-state index in [1.165, 1.54) is 10.9 Å². The van der Waals surface area contributed by atoms with Crippen molar-refractivity contribution >= 4 is 17.5 Å². The minimum atomic E-state index is -0.685. The second-order valence-corrected chi connectivity index (χ2v) is 4.33. The lowest BCUT2D eigenvalue weighted by Gasteiger charge is -2.03. The zero-order valence-electron chi connectivity index (χ0n) is 11.5. The maximum absolute atomic E-state index is 12.2. The molecule has 8 heteroatoms. The summed E-state index contributed by atoms with van der Waals surface area (Å²) in [5.74, 6) is -1.04. The lowest BCUT2D eigenvalue weighted by Crippen LogP contribution is -2.18. The highest BCUT2D eigenvalue weighted by Crippen LogP contribution is 2.16. The van der Waals surface area contributed by atoms with Crippen LogP contribution >= 0.6 is 0 Å². The van der Waals surface area contributed by atoms with Crippen molar-refractivity contribution in [3.63, 3.8) is 0 Å². The quantitative estimate of drug-likeness (QED) is 0.837. The molecule has 2 amide bonds. The Kier molecular flexibility index (Phi) is 3.55. The van der Waals surface area contributed by atoms with Crippen molar-refractivity contribution in [3.8, 4) is 0 Å². The van der Waals surface area contributed by atoms with E-state index in [2.05, 4.69) is 15.5 Å². The van der Waals surface area contributed by atoms with Crippen LogP contribution in [0.1, 0.15) is 33.5 Å². The lowest BCUT2D eigenvalue weighted by molar-refractivity contribution is 0.0995. The highest BCUT2D eigenvalue weighted by molar-refractivity contribution is 6.08. The van der Waals surface area contributed by atoms with Gasteiger partial charge in [0.05, 0.1) is 17.4 Å². The van der Waals surface area contributed by atoms with Crippen molar-refractivity contribution < 1.29 is 9.59 Å². The van der Waals surface area contributed by atoms with E-state index in [0.717, 1.165) is 5.69 Å². The fourth-order valence-electron chi connectivity index (χ4n) is 1.77. The van der Waals surface area contributed by atoms with Gasteiger partial charge in [-0.2, -0.15) is 10.2 Å². The third kappa shape index (κ3) is 2.40. The second-order valence-electron chi connectivity index (χ2n) is 4.33. The van der Waals surface area contributed by atoms with E-state index in [1.807, 2.05) is 6.92 Å². The molecule has 0 atom stereocenters. The van der Waals surface area contributed by atoms with Gasteiger partial charge >= 0.3 is 0 Å². The Hall–Kier alpha value is -2.64. The lowest BCUT2D eigenvalue weighted by atomic mass is 10.2. The van der Waals surface area contributed by atoms with E-state index in [1.54, 1.807) is 24.9 Å². The SMILES string of the molecule is CCn1cc(NC(=O)c2cnn(C)c2C)c(C(N)=O)n1. The first kappa shape index (κ1) is 13.8. The first-order valence-corrected chi connectivity index (χ1v) is 6.11. The predicted molar refractivity (Wildman–Crippen MR) is 72.3 cm³/mol. The Labute approximate surface area is 115 Å². The molecule has 0 fully saturated rings. The van der Waals surface area contributed by atoms with Gasteiger partial charge in [-0.25, -0.2) is 0 Å². The summed E-state index contributed by atoms with van der Waals surface area (Å²) in [5.41, 5.74) is 6.76. The van der Waals surface area contributed by atoms with Crippen molar-refractivity contribution in [1.82, 2.24) is 19.6 Å². The van der Waals surface area contributed by atoms with E-state index in [4.69, 9.17) is 5.73 Å². The Bertz CT molecular complexity index is 670. The fourth-order valence-corrected chi connectivity index (χ4v) is 1.77. The first-order chi connectivity index (χ1) is 9.43. The average molecular weight is 276 g/mol. The second kappa shape index (κ2) is 5.16. The van der Waals surface area contributed by atoms with Crippen LogP contribution in [-0.4, -0.2) is 31.4 Å². The van der Waals surface area contributed by atoms with Crippen molar-refractivity contribution in [2.45, 2.75) is 20.4 Å². The summed E-state index contributed by atoms with van der Waals surface area (Å²) >= 11 is 0. The summed E-state index contributed by atoms with van der Waals surface area (Å²) in [5, 5.41) is 10.7. The van der Waals surface area contributed by atoms with Crippen molar-refractivity contribution in [2.24, 2.45) is 12.8 Å².